The average molecular weight is 503 g/mol. The third-order valence-electron chi connectivity index (χ3n) is 6.31. The van der Waals surface area contributed by atoms with E-state index in [1.807, 2.05) is 91.0 Å². The third-order valence-corrected chi connectivity index (χ3v) is 6.31. The fraction of sp³-hybridized carbons (Fsp3) is 0.323. The van der Waals surface area contributed by atoms with Crippen molar-refractivity contribution in [2.24, 2.45) is 0 Å². The Labute approximate surface area is 218 Å². The number of hydrogen-bond acceptors (Lipinski definition) is 6. The molecule has 37 heavy (non-hydrogen) atoms. The molecule has 0 saturated carbocycles. The molecule has 0 N–H and O–H groups in total. The summed E-state index contributed by atoms with van der Waals surface area (Å²) in [6.45, 7) is 5.75. The summed E-state index contributed by atoms with van der Waals surface area (Å²) < 4.78 is 30.9. The van der Waals surface area contributed by atoms with Gasteiger partial charge in [-0.1, -0.05) is 97.1 Å². The van der Waals surface area contributed by atoms with Gasteiger partial charge in [0.05, 0.1) is 26.4 Å². The average Bonchev–Trinajstić information content (AvgIpc) is 2.94. The summed E-state index contributed by atoms with van der Waals surface area (Å²) in [5, 5.41) is 0. The number of benzene rings is 3. The van der Waals surface area contributed by atoms with Crippen molar-refractivity contribution >= 4 is 6.47 Å². The maximum absolute atomic E-state index is 11.5. The second-order valence-electron chi connectivity index (χ2n) is 8.96. The van der Waals surface area contributed by atoms with Gasteiger partial charge in [-0.3, -0.25) is 4.79 Å². The van der Waals surface area contributed by atoms with Crippen LogP contribution in [0.4, 0.5) is 0 Å². The van der Waals surface area contributed by atoms with Crippen molar-refractivity contribution in [1.82, 2.24) is 0 Å². The maximum Gasteiger partial charge on any atom is 0.293 e. The van der Waals surface area contributed by atoms with Gasteiger partial charge in [0.25, 0.3) is 6.47 Å². The Hall–Kier alpha value is -3.29. The third kappa shape index (κ3) is 7.84. The molecule has 6 heteroatoms. The summed E-state index contributed by atoms with van der Waals surface area (Å²) in [7, 11) is 0. The minimum atomic E-state index is -0.662. The van der Waals surface area contributed by atoms with Gasteiger partial charge in [0, 0.05) is 0 Å². The Kier molecular flexibility index (Phi) is 10.5. The molecule has 1 heterocycles. The lowest BCUT2D eigenvalue weighted by Crippen LogP contribution is -2.61. The van der Waals surface area contributed by atoms with Gasteiger partial charge in [-0.15, -0.1) is 6.58 Å². The zero-order valence-electron chi connectivity index (χ0n) is 20.9. The summed E-state index contributed by atoms with van der Waals surface area (Å²) in [4.78, 5) is 11.5. The SMILES string of the molecule is C=CC[C@@H]1O[C@H](COCc2ccccc2)[C@@H](OCc2ccccc2)[C@H](OCc2ccccc2)[C@H]1OC=O. The first kappa shape index (κ1) is 26.8. The Morgan fingerprint density at radius 3 is 1.70 bits per heavy atom. The molecule has 0 aromatic heterocycles. The Morgan fingerprint density at radius 1 is 0.676 bits per heavy atom. The molecule has 0 spiro atoms. The summed E-state index contributed by atoms with van der Waals surface area (Å²) in [5.41, 5.74) is 3.11. The van der Waals surface area contributed by atoms with Gasteiger partial charge in [0.2, 0.25) is 0 Å². The highest BCUT2D eigenvalue weighted by Gasteiger charge is 2.48. The molecule has 0 radical (unpaired) electrons. The number of carbonyl (C=O) groups is 1. The molecule has 1 saturated heterocycles. The van der Waals surface area contributed by atoms with Crippen LogP contribution in [0.3, 0.4) is 0 Å². The van der Waals surface area contributed by atoms with E-state index in [4.69, 9.17) is 23.7 Å². The van der Waals surface area contributed by atoms with Crippen LogP contribution in [0.2, 0.25) is 0 Å². The lowest BCUT2D eigenvalue weighted by Gasteiger charge is -2.45. The van der Waals surface area contributed by atoms with Crippen LogP contribution in [0.1, 0.15) is 23.1 Å². The zero-order chi connectivity index (χ0) is 25.7. The van der Waals surface area contributed by atoms with Gasteiger partial charge < -0.3 is 23.7 Å². The van der Waals surface area contributed by atoms with Gasteiger partial charge in [-0.25, -0.2) is 0 Å². The van der Waals surface area contributed by atoms with E-state index in [1.165, 1.54) is 0 Å². The van der Waals surface area contributed by atoms with E-state index < -0.39 is 30.5 Å². The Bertz CT molecular complexity index is 1060. The summed E-state index contributed by atoms with van der Waals surface area (Å²) >= 11 is 0. The lowest BCUT2D eigenvalue weighted by molar-refractivity contribution is -0.262. The van der Waals surface area contributed by atoms with Crippen LogP contribution in [0.15, 0.2) is 104 Å². The molecule has 0 unspecified atom stereocenters. The summed E-state index contributed by atoms with van der Waals surface area (Å²) in [6, 6.07) is 29.8. The van der Waals surface area contributed by atoms with Crippen LogP contribution < -0.4 is 0 Å². The highest BCUT2D eigenvalue weighted by molar-refractivity contribution is 5.38. The first-order valence-electron chi connectivity index (χ1n) is 12.6. The molecule has 4 rings (SSSR count). The topological polar surface area (TPSA) is 63.2 Å². The second kappa shape index (κ2) is 14.4. The first-order chi connectivity index (χ1) is 18.3. The van der Waals surface area contributed by atoms with Crippen molar-refractivity contribution in [2.75, 3.05) is 6.61 Å². The molecular weight excluding hydrogens is 468 g/mol. The van der Waals surface area contributed by atoms with E-state index in [-0.39, 0.29) is 0 Å². The van der Waals surface area contributed by atoms with Crippen molar-refractivity contribution < 1.29 is 28.5 Å². The van der Waals surface area contributed by atoms with Gasteiger partial charge in [-0.05, 0) is 23.1 Å². The van der Waals surface area contributed by atoms with Crippen LogP contribution in [0, 0.1) is 0 Å². The van der Waals surface area contributed by atoms with E-state index >= 15 is 0 Å². The molecule has 3 aromatic rings. The summed E-state index contributed by atoms with van der Waals surface area (Å²) in [6.07, 6.45) is -0.401. The molecule has 3 aromatic carbocycles. The van der Waals surface area contributed by atoms with Gasteiger partial charge in [0.1, 0.15) is 24.4 Å². The minimum Gasteiger partial charge on any atom is -0.459 e. The normalized spacial score (nSPS) is 23.3. The van der Waals surface area contributed by atoms with Crippen molar-refractivity contribution in [3.05, 3.63) is 120 Å². The lowest BCUT2D eigenvalue weighted by atomic mass is 9.92. The molecule has 1 aliphatic rings. The van der Waals surface area contributed by atoms with E-state index in [9.17, 15) is 4.79 Å². The number of rotatable bonds is 14. The zero-order valence-corrected chi connectivity index (χ0v) is 20.9. The number of carbonyl (C=O) groups excluding carboxylic acids is 1. The van der Waals surface area contributed by atoms with Crippen LogP contribution in [-0.4, -0.2) is 43.6 Å². The number of hydrogen-bond donors (Lipinski definition) is 0. The van der Waals surface area contributed by atoms with Crippen molar-refractivity contribution in [2.45, 2.75) is 56.8 Å². The van der Waals surface area contributed by atoms with Crippen molar-refractivity contribution in [1.29, 1.82) is 0 Å². The van der Waals surface area contributed by atoms with E-state index in [0.29, 0.717) is 39.3 Å². The fourth-order valence-corrected chi connectivity index (χ4v) is 4.50. The first-order valence-corrected chi connectivity index (χ1v) is 12.6. The van der Waals surface area contributed by atoms with E-state index in [1.54, 1.807) is 6.08 Å². The molecule has 5 atom stereocenters. The highest BCUT2D eigenvalue weighted by atomic mass is 16.6. The standard InChI is InChI=1S/C31H34O6/c1-2-12-27-29(36-23-32)31(35-21-26-17-10-5-11-18-26)30(34-20-25-15-8-4-9-16-25)28(37-27)22-33-19-24-13-6-3-7-14-24/h2-11,13-18,23,27-31H,1,12,19-22H2/t27-,28+,29-,30+,31+/m0/s1. The van der Waals surface area contributed by atoms with Crippen LogP contribution >= 0.6 is 0 Å². The van der Waals surface area contributed by atoms with E-state index in [2.05, 4.69) is 6.58 Å². The largest absolute Gasteiger partial charge is 0.459 e. The predicted octanol–water partition coefficient (Wildman–Crippen LogP) is 5.26. The number of ether oxygens (including phenoxy) is 5. The predicted molar refractivity (Wildman–Crippen MR) is 141 cm³/mol. The van der Waals surface area contributed by atoms with Crippen LogP contribution in [0.25, 0.3) is 0 Å². The smallest absolute Gasteiger partial charge is 0.293 e. The molecular formula is C31H34O6. The maximum atomic E-state index is 11.5. The fourth-order valence-electron chi connectivity index (χ4n) is 4.50. The Morgan fingerprint density at radius 2 is 1.19 bits per heavy atom. The molecule has 0 amide bonds. The molecule has 194 valence electrons. The van der Waals surface area contributed by atoms with Crippen LogP contribution in [0.5, 0.6) is 0 Å². The molecule has 0 bridgehead atoms. The molecule has 1 fully saturated rings. The quantitative estimate of drug-likeness (QED) is 0.221. The van der Waals surface area contributed by atoms with E-state index in [0.717, 1.165) is 16.7 Å². The minimum absolute atomic E-state index is 0.293. The van der Waals surface area contributed by atoms with Gasteiger partial charge >= 0.3 is 0 Å². The second-order valence-corrected chi connectivity index (χ2v) is 8.96. The van der Waals surface area contributed by atoms with Crippen LogP contribution in [-0.2, 0) is 48.3 Å². The monoisotopic (exact) mass is 502 g/mol. The molecule has 6 nitrogen and oxygen atoms in total. The highest BCUT2D eigenvalue weighted by Crippen LogP contribution is 2.31. The van der Waals surface area contributed by atoms with Gasteiger partial charge in [-0.2, -0.15) is 0 Å². The van der Waals surface area contributed by atoms with Gasteiger partial charge in [0.15, 0.2) is 6.10 Å². The molecule has 1 aliphatic heterocycles. The summed E-state index contributed by atoms with van der Waals surface area (Å²) in [5.74, 6) is 0. The van der Waals surface area contributed by atoms with Crippen molar-refractivity contribution in [3.63, 3.8) is 0 Å². The Balaban J connectivity index is 1.56. The van der Waals surface area contributed by atoms with Crippen molar-refractivity contribution in [3.8, 4) is 0 Å². The molecule has 0 aliphatic carbocycles.